The third-order valence-corrected chi connectivity index (χ3v) is 8.46. The average molecular weight is 611 g/mol. The van der Waals surface area contributed by atoms with Gasteiger partial charge in [-0.2, -0.15) is 0 Å². The Morgan fingerprint density at radius 1 is 1.00 bits per heavy atom. The molecule has 9 rings (SSSR count). The fourth-order valence-electron chi connectivity index (χ4n) is 5.96. The highest BCUT2D eigenvalue weighted by molar-refractivity contribution is 5.84. The molecule has 6 heterocycles. The van der Waals surface area contributed by atoms with Crippen LogP contribution in [0, 0.1) is 0 Å². The van der Waals surface area contributed by atoms with E-state index in [-0.39, 0.29) is 30.4 Å². The highest BCUT2D eigenvalue weighted by Crippen LogP contribution is 2.29. The van der Waals surface area contributed by atoms with Crippen molar-refractivity contribution in [3.8, 4) is 17.2 Å². The Kier molecular flexibility index (Phi) is 9.19. The first-order valence-corrected chi connectivity index (χ1v) is 15.4. The maximum Gasteiger partial charge on any atom is 0.258 e. The van der Waals surface area contributed by atoms with Crippen LogP contribution < -0.4 is 24.8 Å². The molecule has 1 fully saturated rings. The van der Waals surface area contributed by atoms with Crippen molar-refractivity contribution in [3.63, 3.8) is 0 Å². The smallest absolute Gasteiger partial charge is 0.258 e. The summed E-state index contributed by atoms with van der Waals surface area (Å²) in [7, 11) is 1.54. The van der Waals surface area contributed by atoms with Gasteiger partial charge in [-0.15, -0.1) is 0 Å². The normalized spacial score (nSPS) is 19.2. The highest BCUT2D eigenvalue weighted by atomic mass is 16.5. The molecule has 0 unspecified atom stereocenters. The first kappa shape index (κ1) is 30.1. The van der Waals surface area contributed by atoms with Gasteiger partial charge in [0.15, 0.2) is 18.1 Å². The first-order chi connectivity index (χ1) is 21.9. The van der Waals surface area contributed by atoms with Crippen LogP contribution in [0.2, 0.25) is 0 Å². The van der Waals surface area contributed by atoms with Gasteiger partial charge in [-0.05, 0) is 59.9 Å². The maximum atomic E-state index is 13.4. The van der Waals surface area contributed by atoms with Crippen molar-refractivity contribution in [1.82, 2.24) is 20.5 Å². The molecule has 3 N–H and O–H groups in total. The zero-order valence-electron chi connectivity index (χ0n) is 25.3. The fourth-order valence-corrected chi connectivity index (χ4v) is 5.96. The first-order valence-electron chi connectivity index (χ1n) is 15.4. The topological polar surface area (TPSA) is 122 Å². The fraction of sp³-hybridized carbons (Fsp3) is 0.343. The Bertz CT molecular complexity index is 1670. The number of aromatic nitrogens is 1. The number of carbonyl (C=O) groups is 3. The summed E-state index contributed by atoms with van der Waals surface area (Å²) in [5.74, 6) is 1.23. The largest absolute Gasteiger partial charge is 0.493 e. The van der Waals surface area contributed by atoms with Gasteiger partial charge in [0.2, 0.25) is 11.8 Å². The summed E-state index contributed by atoms with van der Waals surface area (Å²) in [6.45, 7) is 1.02. The number of fused-ring (bicyclic) bond motifs is 1. The van der Waals surface area contributed by atoms with Crippen molar-refractivity contribution in [2.24, 2.45) is 0 Å². The molecule has 1 aromatic heterocycles. The quantitative estimate of drug-likeness (QED) is 0.322. The van der Waals surface area contributed by atoms with Gasteiger partial charge in [0.1, 0.15) is 11.9 Å². The van der Waals surface area contributed by atoms with E-state index in [4.69, 9.17) is 14.2 Å². The minimum Gasteiger partial charge on any atom is -0.493 e. The van der Waals surface area contributed by atoms with Gasteiger partial charge in [-0.1, -0.05) is 36.4 Å². The van der Waals surface area contributed by atoms with Crippen LogP contribution in [0.25, 0.3) is 10.9 Å². The Balaban J connectivity index is 1.17. The molecule has 4 aromatic rings. The number of piperidine rings is 1. The second-order valence-electron chi connectivity index (χ2n) is 11.5. The number of hydrogen-bond acceptors (Lipinski definition) is 6. The predicted molar refractivity (Wildman–Crippen MR) is 169 cm³/mol. The summed E-state index contributed by atoms with van der Waals surface area (Å²) >= 11 is 0. The molecule has 5 aliphatic rings. The van der Waals surface area contributed by atoms with Crippen molar-refractivity contribution in [3.05, 3.63) is 89.6 Å². The number of carbonyl (C=O) groups excluding carboxylic acids is 3. The minimum atomic E-state index is -0.444. The Morgan fingerprint density at radius 2 is 1.82 bits per heavy atom. The molecule has 1 saturated heterocycles. The van der Waals surface area contributed by atoms with Gasteiger partial charge in [0.05, 0.1) is 13.2 Å². The van der Waals surface area contributed by atoms with E-state index in [0.29, 0.717) is 69.0 Å². The van der Waals surface area contributed by atoms with E-state index in [2.05, 4.69) is 21.7 Å². The number of aryl methyl sites for hydroxylation is 2. The molecule has 0 aliphatic carbocycles. The number of hydrogen-bond donors (Lipinski definition) is 3. The van der Waals surface area contributed by atoms with Gasteiger partial charge in [0.25, 0.3) is 5.91 Å². The summed E-state index contributed by atoms with van der Waals surface area (Å²) < 4.78 is 17.7. The van der Waals surface area contributed by atoms with E-state index in [9.17, 15) is 14.4 Å². The van der Waals surface area contributed by atoms with Gasteiger partial charge in [0, 0.05) is 56.0 Å². The molecule has 0 radical (unpaired) electrons. The highest BCUT2D eigenvalue weighted by Gasteiger charge is 2.34. The minimum absolute atomic E-state index is 0.0342. The number of ether oxygens (including phenoxy) is 3. The maximum absolute atomic E-state index is 13.4. The number of benzene rings is 3. The molecule has 4 bridgehead atoms. The molecule has 0 spiro atoms. The van der Waals surface area contributed by atoms with E-state index in [0.717, 1.165) is 27.6 Å². The van der Waals surface area contributed by atoms with Gasteiger partial charge in [-0.3, -0.25) is 14.4 Å². The second kappa shape index (κ2) is 13.8. The van der Waals surface area contributed by atoms with Crippen molar-refractivity contribution >= 4 is 28.6 Å². The van der Waals surface area contributed by atoms with Crippen LogP contribution in [0.1, 0.15) is 36.0 Å². The number of likely N-dealkylation sites (tertiary alicyclic amines) is 1. The summed E-state index contributed by atoms with van der Waals surface area (Å²) in [5, 5.41) is 7.16. The monoisotopic (exact) mass is 610 g/mol. The van der Waals surface area contributed by atoms with Crippen LogP contribution in [0.5, 0.6) is 17.2 Å². The SMILES string of the molecule is COc1cc2ccc1OCC(=O)N[C@@H]1CN(C(=O)CCc3c[nH]c4ccccc34)CC[C@H]1Oc1ccc(cc1)CNC(=O)CC2. The summed E-state index contributed by atoms with van der Waals surface area (Å²) in [4.78, 5) is 44.1. The molecule has 3 amide bonds. The van der Waals surface area contributed by atoms with Crippen LogP contribution in [-0.2, 0) is 33.8 Å². The van der Waals surface area contributed by atoms with Crippen molar-refractivity contribution < 1.29 is 28.6 Å². The molecule has 3 aromatic carbocycles. The molecular formula is C35H38N4O6. The number of nitrogens with zero attached hydrogens (tertiary/aromatic N) is 1. The van der Waals surface area contributed by atoms with Crippen LogP contribution in [-0.4, -0.2) is 66.6 Å². The van der Waals surface area contributed by atoms with Gasteiger partial charge >= 0.3 is 0 Å². The van der Waals surface area contributed by atoms with E-state index in [1.807, 2.05) is 65.7 Å². The summed E-state index contributed by atoms with van der Waals surface area (Å²) in [6.07, 6.45) is 4.03. The Morgan fingerprint density at radius 3 is 2.67 bits per heavy atom. The molecule has 234 valence electrons. The molecule has 10 heteroatoms. The second-order valence-corrected chi connectivity index (χ2v) is 11.5. The zero-order valence-corrected chi connectivity index (χ0v) is 25.3. The number of rotatable bonds is 4. The number of methoxy groups -OCH3 is 1. The predicted octanol–water partition coefficient (Wildman–Crippen LogP) is 3.92. The summed E-state index contributed by atoms with van der Waals surface area (Å²) in [5.41, 5.74) is 4.04. The number of H-pyrrole nitrogens is 1. The van der Waals surface area contributed by atoms with E-state index in [1.165, 1.54) is 7.11 Å². The number of amides is 3. The van der Waals surface area contributed by atoms with E-state index in [1.54, 1.807) is 6.07 Å². The number of aromatic amines is 1. The lowest BCUT2D eigenvalue weighted by Crippen LogP contribution is -2.58. The van der Waals surface area contributed by atoms with Crippen LogP contribution in [0.3, 0.4) is 0 Å². The molecular weight excluding hydrogens is 572 g/mol. The van der Waals surface area contributed by atoms with E-state index >= 15 is 0 Å². The Labute approximate surface area is 262 Å². The molecule has 10 nitrogen and oxygen atoms in total. The molecule has 2 atom stereocenters. The molecule has 0 saturated carbocycles. The lowest BCUT2D eigenvalue weighted by molar-refractivity contribution is -0.135. The van der Waals surface area contributed by atoms with Crippen molar-refractivity contribution in [1.29, 1.82) is 0 Å². The van der Waals surface area contributed by atoms with Gasteiger partial charge < -0.3 is 34.7 Å². The number of para-hydroxylation sites is 1. The van der Waals surface area contributed by atoms with Gasteiger partial charge in [-0.25, -0.2) is 0 Å². The third kappa shape index (κ3) is 7.39. The molecule has 45 heavy (non-hydrogen) atoms. The number of nitrogens with one attached hydrogen (secondary N) is 3. The van der Waals surface area contributed by atoms with Crippen molar-refractivity contribution in [2.45, 2.75) is 50.8 Å². The molecule has 5 aliphatic heterocycles. The zero-order chi connectivity index (χ0) is 31.2. The van der Waals surface area contributed by atoms with Crippen LogP contribution in [0.15, 0.2) is 72.9 Å². The lowest BCUT2D eigenvalue weighted by atomic mass is 10.0. The van der Waals surface area contributed by atoms with Crippen LogP contribution in [0.4, 0.5) is 0 Å². The van der Waals surface area contributed by atoms with E-state index < -0.39 is 6.04 Å². The van der Waals surface area contributed by atoms with Crippen molar-refractivity contribution in [2.75, 3.05) is 26.8 Å². The average Bonchev–Trinajstić information content (AvgIpc) is 3.48. The Hall–Kier alpha value is -4.99. The lowest BCUT2D eigenvalue weighted by Gasteiger charge is -2.39. The third-order valence-electron chi connectivity index (χ3n) is 8.46. The standard InChI is InChI=1S/C35H38N4O6/c1-43-32-18-23-8-13-31(32)44-22-34(41)38-29-21-39(35(42)15-10-25-20-36-28-5-3-2-4-27(25)28)17-16-30(29)45-26-11-6-24(7-12-26)19-37-33(40)14-9-23/h2-8,11-13,18,20,29-30,36H,9-10,14-17,19,21-22H2,1H3,(H,37,40)(H,38,41)/t29-,30-/m1/s1. The summed E-state index contributed by atoms with van der Waals surface area (Å²) in [6, 6.07) is 20.6. The van der Waals surface area contributed by atoms with Crippen LogP contribution >= 0.6 is 0 Å².